The lowest BCUT2D eigenvalue weighted by molar-refractivity contribution is -0.114. The molecule has 1 aliphatic rings. The molecule has 34 heavy (non-hydrogen) atoms. The minimum absolute atomic E-state index is 0.0339. The third kappa shape index (κ3) is 5.06. The maximum Gasteiger partial charge on any atom is 0.257 e. The van der Waals surface area contributed by atoms with E-state index in [2.05, 4.69) is 15.3 Å². The molecule has 1 aliphatic heterocycles. The zero-order valence-corrected chi connectivity index (χ0v) is 21.2. The third-order valence-corrected chi connectivity index (χ3v) is 8.08. The van der Waals surface area contributed by atoms with E-state index in [-0.39, 0.29) is 42.4 Å². The molecule has 2 heterocycles. The van der Waals surface area contributed by atoms with E-state index in [0.29, 0.717) is 27.1 Å². The highest BCUT2D eigenvalue weighted by molar-refractivity contribution is 7.89. The van der Waals surface area contributed by atoms with Crippen LogP contribution in [0.25, 0.3) is 22.6 Å². The summed E-state index contributed by atoms with van der Waals surface area (Å²) in [6.07, 6.45) is 1.44. The van der Waals surface area contributed by atoms with Crippen molar-refractivity contribution in [1.29, 1.82) is 0 Å². The van der Waals surface area contributed by atoms with Gasteiger partial charge in [-0.05, 0) is 24.3 Å². The summed E-state index contributed by atoms with van der Waals surface area (Å²) in [5.74, 6) is -0.381. The first-order valence-corrected chi connectivity index (χ1v) is 13.1. The summed E-state index contributed by atoms with van der Waals surface area (Å²) in [5.41, 5.74) is 1.15. The van der Waals surface area contributed by atoms with Crippen LogP contribution in [0.15, 0.2) is 47.5 Å². The molecule has 0 atom stereocenters. The Morgan fingerprint density at radius 3 is 2.35 bits per heavy atom. The molecule has 1 amide bonds. The van der Waals surface area contributed by atoms with Gasteiger partial charge in [-0.15, -0.1) is 0 Å². The number of amides is 1. The second kappa shape index (κ2) is 10.4. The fraction of sp³-hybridized carbons (Fsp3) is 0.238. The molecule has 8 nitrogen and oxygen atoms in total. The standard InChI is InChI=1S/C21H18Cl4N4O4S/c22-12-3-1-4-13(23)17(12)20-26-11-15(27-20)18-14(28-21(30)19(24)25)5-2-6-16(18)34(31,32)29-7-9-33-10-8-29/h1-6,11,19H,7-10H2,(H,26,27)(H,28,30). The van der Waals surface area contributed by atoms with Gasteiger partial charge in [-0.1, -0.05) is 58.5 Å². The number of nitrogens with one attached hydrogen (secondary N) is 2. The Balaban J connectivity index is 1.88. The predicted octanol–water partition coefficient (Wildman–Crippen LogP) is 4.81. The average Bonchev–Trinajstić information content (AvgIpc) is 3.28. The van der Waals surface area contributed by atoms with Crippen LogP contribution in [0.5, 0.6) is 0 Å². The number of aromatic amines is 1. The van der Waals surface area contributed by atoms with Crippen LogP contribution in [-0.4, -0.2) is 59.7 Å². The van der Waals surface area contributed by atoms with Gasteiger partial charge in [-0.3, -0.25) is 4.79 Å². The topological polar surface area (TPSA) is 104 Å². The van der Waals surface area contributed by atoms with Gasteiger partial charge in [0, 0.05) is 18.7 Å². The van der Waals surface area contributed by atoms with Crippen molar-refractivity contribution in [1.82, 2.24) is 14.3 Å². The maximum atomic E-state index is 13.6. The molecule has 0 spiro atoms. The number of alkyl halides is 2. The van der Waals surface area contributed by atoms with E-state index < -0.39 is 20.8 Å². The van der Waals surface area contributed by atoms with Crippen LogP contribution >= 0.6 is 46.4 Å². The normalized spacial score (nSPS) is 15.0. The van der Waals surface area contributed by atoms with Gasteiger partial charge in [-0.2, -0.15) is 4.31 Å². The quantitative estimate of drug-likeness (QED) is 0.419. The summed E-state index contributed by atoms with van der Waals surface area (Å²) in [7, 11) is -3.95. The van der Waals surface area contributed by atoms with Gasteiger partial charge in [-0.25, -0.2) is 13.4 Å². The number of H-pyrrole nitrogens is 1. The van der Waals surface area contributed by atoms with Crippen LogP contribution < -0.4 is 5.32 Å². The van der Waals surface area contributed by atoms with E-state index in [9.17, 15) is 13.2 Å². The van der Waals surface area contributed by atoms with E-state index >= 15 is 0 Å². The molecule has 3 aromatic rings. The van der Waals surface area contributed by atoms with Crippen molar-refractivity contribution in [3.8, 4) is 22.6 Å². The number of morpholine rings is 1. The SMILES string of the molecule is O=C(Nc1cccc(S(=O)(=O)N2CCOCC2)c1-c1cnc(-c2c(Cl)cccc2Cl)[nH]1)C(Cl)Cl. The Bertz CT molecular complexity index is 1300. The molecular weight excluding hydrogens is 546 g/mol. The summed E-state index contributed by atoms with van der Waals surface area (Å²) >= 11 is 24.0. The monoisotopic (exact) mass is 562 g/mol. The zero-order chi connectivity index (χ0) is 24.5. The van der Waals surface area contributed by atoms with Crippen molar-refractivity contribution in [2.75, 3.05) is 31.6 Å². The number of halogens is 4. The molecule has 2 aromatic carbocycles. The largest absolute Gasteiger partial charge is 0.379 e. The van der Waals surface area contributed by atoms with E-state index in [1.165, 1.54) is 22.6 Å². The second-order valence-electron chi connectivity index (χ2n) is 7.23. The first-order valence-electron chi connectivity index (χ1n) is 10.00. The van der Waals surface area contributed by atoms with Crippen molar-refractivity contribution in [3.63, 3.8) is 0 Å². The molecule has 0 saturated carbocycles. The van der Waals surface area contributed by atoms with Gasteiger partial charge in [0.05, 0.1) is 51.3 Å². The van der Waals surface area contributed by atoms with Crippen LogP contribution in [0.1, 0.15) is 0 Å². The van der Waals surface area contributed by atoms with Crippen molar-refractivity contribution >= 4 is 68.0 Å². The molecule has 1 fully saturated rings. The van der Waals surface area contributed by atoms with Gasteiger partial charge < -0.3 is 15.0 Å². The average molecular weight is 564 g/mol. The fourth-order valence-electron chi connectivity index (χ4n) is 3.54. The van der Waals surface area contributed by atoms with Crippen LogP contribution in [-0.2, 0) is 19.6 Å². The molecule has 2 N–H and O–H groups in total. The molecule has 180 valence electrons. The number of rotatable bonds is 6. The van der Waals surface area contributed by atoms with Crippen LogP contribution in [0, 0.1) is 0 Å². The summed E-state index contributed by atoms with van der Waals surface area (Å²) in [5, 5.41) is 3.31. The number of aromatic nitrogens is 2. The van der Waals surface area contributed by atoms with Gasteiger partial charge in [0.15, 0.2) is 4.84 Å². The van der Waals surface area contributed by atoms with Crippen molar-refractivity contribution in [2.45, 2.75) is 9.73 Å². The molecule has 1 saturated heterocycles. The summed E-state index contributed by atoms with van der Waals surface area (Å²) in [6, 6.07) is 9.54. The van der Waals surface area contributed by atoms with Gasteiger partial charge in [0.2, 0.25) is 10.0 Å². The van der Waals surface area contributed by atoms with Gasteiger partial charge in [0.1, 0.15) is 5.82 Å². The first kappa shape index (κ1) is 25.2. The van der Waals surface area contributed by atoms with Crippen molar-refractivity contribution in [2.24, 2.45) is 0 Å². The molecule has 0 aliphatic carbocycles. The number of sulfonamides is 1. The molecule has 0 unspecified atom stereocenters. The lowest BCUT2D eigenvalue weighted by Gasteiger charge is -2.27. The minimum atomic E-state index is -3.95. The molecule has 0 radical (unpaired) electrons. The number of nitrogens with zero attached hydrogens (tertiary/aromatic N) is 2. The lowest BCUT2D eigenvalue weighted by atomic mass is 10.1. The van der Waals surface area contributed by atoms with E-state index in [4.69, 9.17) is 51.1 Å². The highest BCUT2D eigenvalue weighted by atomic mass is 35.5. The number of hydrogen-bond donors (Lipinski definition) is 2. The Morgan fingerprint density at radius 1 is 1.06 bits per heavy atom. The molecule has 13 heteroatoms. The Morgan fingerprint density at radius 2 is 1.71 bits per heavy atom. The predicted molar refractivity (Wildman–Crippen MR) is 133 cm³/mol. The minimum Gasteiger partial charge on any atom is -0.379 e. The second-order valence-corrected chi connectivity index (χ2v) is 11.0. The van der Waals surface area contributed by atoms with Crippen LogP contribution in [0.2, 0.25) is 10.0 Å². The Hall–Kier alpha value is -1.85. The number of hydrogen-bond acceptors (Lipinski definition) is 5. The first-order chi connectivity index (χ1) is 16.2. The molecular formula is C21H18Cl4N4O4S. The Labute approximate surface area is 216 Å². The number of carbonyl (C=O) groups excluding carboxylic acids is 1. The number of imidazole rings is 1. The van der Waals surface area contributed by atoms with Crippen molar-refractivity contribution in [3.05, 3.63) is 52.6 Å². The summed E-state index contributed by atoms with van der Waals surface area (Å²) < 4.78 is 33.8. The van der Waals surface area contributed by atoms with E-state index in [1.54, 1.807) is 24.3 Å². The summed E-state index contributed by atoms with van der Waals surface area (Å²) in [6.45, 7) is 0.968. The number of carbonyl (C=O) groups is 1. The summed E-state index contributed by atoms with van der Waals surface area (Å²) in [4.78, 5) is 18.3. The van der Waals surface area contributed by atoms with Crippen LogP contribution in [0.4, 0.5) is 5.69 Å². The highest BCUT2D eigenvalue weighted by Gasteiger charge is 2.31. The lowest BCUT2D eigenvalue weighted by Crippen LogP contribution is -2.40. The number of ether oxygens (including phenoxy) is 1. The maximum absolute atomic E-state index is 13.6. The zero-order valence-electron chi connectivity index (χ0n) is 17.4. The highest BCUT2D eigenvalue weighted by Crippen LogP contribution is 2.38. The molecule has 0 bridgehead atoms. The van der Waals surface area contributed by atoms with Crippen molar-refractivity contribution < 1.29 is 17.9 Å². The smallest absolute Gasteiger partial charge is 0.257 e. The molecule has 4 rings (SSSR count). The number of benzene rings is 2. The third-order valence-electron chi connectivity index (χ3n) is 5.11. The molecule has 1 aromatic heterocycles. The van der Waals surface area contributed by atoms with E-state index in [0.717, 1.165) is 0 Å². The number of anilines is 1. The van der Waals surface area contributed by atoms with Crippen LogP contribution in [0.3, 0.4) is 0 Å². The van der Waals surface area contributed by atoms with E-state index in [1.807, 2.05) is 0 Å². The fourth-order valence-corrected chi connectivity index (χ4v) is 5.86. The van der Waals surface area contributed by atoms with Gasteiger partial charge in [0.25, 0.3) is 5.91 Å². The van der Waals surface area contributed by atoms with Gasteiger partial charge >= 0.3 is 0 Å². The Kier molecular flexibility index (Phi) is 7.73.